The molecule has 1 aliphatic heterocycles. The Morgan fingerprint density at radius 3 is 2.59 bits per heavy atom. The standard InChI is InChI=1S/C19H23NO2/c1-19(21,18-14-20-11-12-22-18)13-16-9-5-6-10-17(16)15-7-3-2-4-8-15/h2-10,18,20-21H,11-14H2,1H3. The maximum absolute atomic E-state index is 10.9. The van der Waals surface area contributed by atoms with Crippen LogP contribution in [0.3, 0.4) is 0 Å². The number of benzene rings is 2. The monoisotopic (exact) mass is 297 g/mol. The molecular weight excluding hydrogens is 274 g/mol. The second-order valence-corrected chi connectivity index (χ2v) is 6.12. The van der Waals surface area contributed by atoms with Crippen LogP contribution in [0.25, 0.3) is 11.1 Å². The van der Waals surface area contributed by atoms with Crippen LogP contribution in [0.2, 0.25) is 0 Å². The van der Waals surface area contributed by atoms with E-state index in [-0.39, 0.29) is 6.10 Å². The summed E-state index contributed by atoms with van der Waals surface area (Å²) in [6, 6.07) is 18.6. The predicted octanol–water partition coefficient (Wildman–Crippen LogP) is 2.64. The zero-order valence-electron chi connectivity index (χ0n) is 13.0. The van der Waals surface area contributed by atoms with Crippen molar-refractivity contribution in [3.8, 4) is 11.1 Å². The molecular formula is C19H23NO2. The summed E-state index contributed by atoms with van der Waals surface area (Å²) >= 11 is 0. The minimum absolute atomic E-state index is 0.176. The van der Waals surface area contributed by atoms with Crippen molar-refractivity contribution in [3.05, 3.63) is 60.2 Å². The molecule has 22 heavy (non-hydrogen) atoms. The Balaban J connectivity index is 1.86. The maximum Gasteiger partial charge on any atom is 0.0987 e. The minimum atomic E-state index is -0.891. The van der Waals surface area contributed by atoms with Crippen LogP contribution >= 0.6 is 0 Å². The van der Waals surface area contributed by atoms with Crippen molar-refractivity contribution >= 4 is 0 Å². The van der Waals surface area contributed by atoms with Gasteiger partial charge in [0.1, 0.15) is 0 Å². The first kappa shape index (κ1) is 15.2. The Kier molecular flexibility index (Phi) is 4.57. The van der Waals surface area contributed by atoms with E-state index in [2.05, 4.69) is 29.6 Å². The molecule has 0 amide bonds. The van der Waals surface area contributed by atoms with Crippen LogP contribution in [-0.4, -0.2) is 36.5 Å². The maximum atomic E-state index is 10.9. The summed E-state index contributed by atoms with van der Waals surface area (Å²) in [5.41, 5.74) is 2.61. The topological polar surface area (TPSA) is 41.5 Å². The van der Waals surface area contributed by atoms with E-state index in [0.717, 1.165) is 12.1 Å². The zero-order chi connectivity index (χ0) is 15.4. The first-order valence-electron chi connectivity index (χ1n) is 7.85. The summed E-state index contributed by atoms with van der Waals surface area (Å²) in [4.78, 5) is 0. The zero-order valence-corrected chi connectivity index (χ0v) is 13.0. The molecule has 1 fully saturated rings. The molecule has 0 aliphatic carbocycles. The van der Waals surface area contributed by atoms with E-state index in [4.69, 9.17) is 4.74 Å². The molecule has 2 atom stereocenters. The summed E-state index contributed by atoms with van der Waals surface area (Å²) in [6.45, 7) is 4.07. The summed E-state index contributed by atoms with van der Waals surface area (Å²) in [7, 11) is 0. The molecule has 3 rings (SSSR count). The van der Waals surface area contributed by atoms with E-state index >= 15 is 0 Å². The second kappa shape index (κ2) is 6.61. The van der Waals surface area contributed by atoms with E-state index < -0.39 is 5.60 Å². The fraction of sp³-hybridized carbons (Fsp3) is 0.368. The van der Waals surface area contributed by atoms with Crippen molar-refractivity contribution < 1.29 is 9.84 Å². The van der Waals surface area contributed by atoms with Crippen LogP contribution in [0.5, 0.6) is 0 Å². The lowest BCUT2D eigenvalue weighted by atomic mass is 9.86. The van der Waals surface area contributed by atoms with Gasteiger partial charge in [-0.05, 0) is 23.6 Å². The van der Waals surface area contributed by atoms with Crippen molar-refractivity contribution in [1.29, 1.82) is 0 Å². The Labute approximate surface area is 131 Å². The van der Waals surface area contributed by atoms with Gasteiger partial charge in [0.05, 0.1) is 18.3 Å². The molecule has 2 N–H and O–H groups in total. The lowest BCUT2D eigenvalue weighted by Crippen LogP contribution is -2.52. The highest BCUT2D eigenvalue weighted by Crippen LogP contribution is 2.28. The molecule has 1 saturated heterocycles. The summed E-state index contributed by atoms with van der Waals surface area (Å²) in [5.74, 6) is 0. The van der Waals surface area contributed by atoms with Gasteiger partial charge >= 0.3 is 0 Å². The molecule has 2 aromatic rings. The van der Waals surface area contributed by atoms with Gasteiger partial charge in [-0.15, -0.1) is 0 Å². The Morgan fingerprint density at radius 2 is 1.86 bits per heavy atom. The molecule has 0 saturated carbocycles. The highest BCUT2D eigenvalue weighted by molar-refractivity contribution is 5.67. The van der Waals surface area contributed by atoms with E-state index in [9.17, 15) is 5.11 Å². The molecule has 2 aromatic carbocycles. The largest absolute Gasteiger partial charge is 0.387 e. The average Bonchev–Trinajstić information content (AvgIpc) is 2.57. The number of rotatable bonds is 4. The van der Waals surface area contributed by atoms with Crippen molar-refractivity contribution in [2.24, 2.45) is 0 Å². The molecule has 0 bridgehead atoms. The fourth-order valence-electron chi connectivity index (χ4n) is 3.04. The van der Waals surface area contributed by atoms with E-state index in [1.54, 1.807) is 0 Å². The van der Waals surface area contributed by atoms with Gasteiger partial charge in [-0.3, -0.25) is 0 Å². The molecule has 0 radical (unpaired) electrons. The Hall–Kier alpha value is -1.68. The highest BCUT2D eigenvalue weighted by atomic mass is 16.5. The van der Waals surface area contributed by atoms with Crippen molar-refractivity contribution in [2.45, 2.75) is 25.0 Å². The molecule has 116 valence electrons. The third-order valence-electron chi connectivity index (χ3n) is 4.27. The summed E-state index contributed by atoms with van der Waals surface area (Å²) in [6.07, 6.45) is 0.398. The number of hydrogen-bond acceptors (Lipinski definition) is 3. The van der Waals surface area contributed by atoms with Gasteiger partial charge in [0, 0.05) is 19.5 Å². The highest BCUT2D eigenvalue weighted by Gasteiger charge is 2.34. The second-order valence-electron chi connectivity index (χ2n) is 6.12. The quantitative estimate of drug-likeness (QED) is 0.911. The number of ether oxygens (including phenoxy) is 1. The van der Waals surface area contributed by atoms with Gasteiger partial charge in [-0.1, -0.05) is 54.6 Å². The minimum Gasteiger partial charge on any atom is -0.387 e. The number of morpholine rings is 1. The number of nitrogens with one attached hydrogen (secondary N) is 1. The van der Waals surface area contributed by atoms with Gasteiger partial charge in [-0.2, -0.15) is 0 Å². The first-order valence-corrected chi connectivity index (χ1v) is 7.85. The van der Waals surface area contributed by atoms with Gasteiger partial charge in [0.15, 0.2) is 0 Å². The lowest BCUT2D eigenvalue weighted by Gasteiger charge is -2.36. The summed E-state index contributed by atoms with van der Waals surface area (Å²) < 4.78 is 5.75. The average molecular weight is 297 g/mol. The molecule has 1 heterocycles. The smallest absolute Gasteiger partial charge is 0.0987 e. The van der Waals surface area contributed by atoms with Gasteiger partial charge in [0.25, 0.3) is 0 Å². The summed E-state index contributed by atoms with van der Waals surface area (Å²) in [5, 5.41) is 14.2. The van der Waals surface area contributed by atoms with Crippen LogP contribution < -0.4 is 5.32 Å². The fourth-order valence-corrected chi connectivity index (χ4v) is 3.04. The Bertz CT molecular complexity index is 604. The van der Waals surface area contributed by atoms with Crippen molar-refractivity contribution in [3.63, 3.8) is 0 Å². The molecule has 2 unspecified atom stereocenters. The van der Waals surface area contributed by atoms with Crippen LogP contribution in [-0.2, 0) is 11.2 Å². The third-order valence-corrected chi connectivity index (χ3v) is 4.27. The van der Waals surface area contributed by atoms with E-state index in [1.165, 1.54) is 11.1 Å². The van der Waals surface area contributed by atoms with Crippen LogP contribution in [0, 0.1) is 0 Å². The molecule has 3 heteroatoms. The molecule has 0 aromatic heterocycles. The van der Waals surface area contributed by atoms with Crippen LogP contribution in [0.15, 0.2) is 54.6 Å². The molecule has 3 nitrogen and oxygen atoms in total. The first-order chi connectivity index (χ1) is 10.7. The van der Waals surface area contributed by atoms with Gasteiger partial charge in [-0.25, -0.2) is 0 Å². The number of hydrogen-bond donors (Lipinski definition) is 2. The molecule has 1 aliphatic rings. The van der Waals surface area contributed by atoms with E-state index in [1.807, 2.05) is 37.3 Å². The van der Waals surface area contributed by atoms with Crippen LogP contribution in [0.1, 0.15) is 12.5 Å². The van der Waals surface area contributed by atoms with Gasteiger partial charge < -0.3 is 15.2 Å². The van der Waals surface area contributed by atoms with Crippen molar-refractivity contribution in [1.82, 2.24) is 5.32 Å². The predicted molar refractivity (Wildman–Crippen MR) is 88.8 cm³/mol. The van der Waals surface area contributed by atoms with Crippen molar-refractivity contribution in [2.75, 3.05) is 19.7 Å². The number of aliphatic hydroxyl groups is 1. The Morgan fingerprint density at radius 1 is 1.14 bits per heavy atom. The SMILES string of the molecule is CC(O)(Cc1ccccc1-c1ccccc1)C1CNCCO1. The lowest BCUT2D eigenvalue weighted by molar-refractivity contribution is -0.108. The third kappa shape index (κ3) is 3.38. The molecule has 0 spiro atoms. The van der Waals surface area contributed by atoms with E-state index in [0.29, 0.717) is 19.6 Å². The van der Waals surface area contributed by atoms with Gasteiger partial charge in [0.2, 0.25) is 0 Å². The van der Waals surface area contributed by atoms with Crippen LogP contribution in [0.4, 0.5) is 0 Å². The normalized spacial score (nSPS) is 21.3.